The number of nitrogens with zero attached hydrogens (tertiary/aromatic N) is 5. The van der Waals surface area contributed by atoms with Crippen LogP contribution in [0.2, 0.25) is 5.15 Å². The predicted molar refractivity (Wildman–Crippen MR) is 106 cm³/mol. The van der Waals surface area contributed by atoms with Crippen LogP contribution < -0.4 is 4.90 Å². The topological polar surface area (TPSA) is 108 Å². The van der Waals surface area contributed by atoms with Gasteiger partial charge in [0.05, 0.1) is 30.4 Å². The normalized spacial score (nSPS) is 22.8. The Hall–Kier alpha value is -2.84. The number of amides is 1. The van der Waals surface area contributed by atoms with Gasteiger partial charge in [0, 0.05) is 23.6 Å². The zero-order valence-electron chi connectivity index (χ0n) is 15.7. The molecule has 0 spiro atoms. The van der Waals surface area contributed by atoms with Gasteiger partial charge in [-0.3, -0.25) is 14.8 Å². The van der Waals surface area contributed by atoms with Crippen LogP contribution in [0.4, 0.5) is 5.82 Å². The fourth-order valence-corrected chi connectivity index (χ4v) is 4.44. The summed E-state index contributed by atoms with van der Waals surface area (Å²) in [6.45, 7) is 1.76. The highest BCUT2D eigenvalue weighted by Crippen LogP contribution is 2.51. The van der Waals surface area contributed by atoms with Gasteiger partial charge in [0.15, 0.2) is 5.82 Å². The van der Waals surface area contributed by atoms with Crippen LogP contribution in [0.3, 0.4) is 0 Å². The summed E-state index contributed by atoms with van der Waals surface area (Å²) in [4.78, 5) is 19.2. The van der Waals surface area contributed by atoms with Crippen LogP contribution in [0.25, 0.3) is 11.3 Å². The number of pyridine rings is 1. The number of nitrogens with one attached hydrogen (secondary N) is 1. The molecule has 3 unspecified atom stereocenters. The summed E-state index contributed by atoms with van der Waals surface area (Å²) in [5, 5.41) is 25.1. The highest BCUT2D eigenvalue weighted by molar-refractivity contribution is 6.29. The first-order valence-electron chi connectivity index (χ1n) is 9.48. The number of carbonyl (C=O) groups is 1. The van der Waals surface area contributed by atoms with Gasteiger partial charge in [0.25, 0.3) is 0 Å². The molecule has 1 saturated heterocycles. The Morgan fingerprint density at radius 1 is 1.31 bits per heavy atom. The molecule has 8 nitrogen and oxygen atoms in total. The Balaban J connectivity index is 1.40. The highest BCUT2D eigenvalue weighted by Gasteiger charge is 2.59. The molecule has 148 valence electrons. The number of piperidine rings is 1. The van der Waals surface area contributed by atoms with E-state index in [1.54, 1.807) is 23.4 Å². The predicted octanol–water partition coefficient (Wildman–Crippen LogP) is 2.31. The summed E-state index contributed by atoms with van der Waals surface area (Å²) < 4.78 is 0. The van der Waals surface area contributed by atoms with E-state index in [1.165, 1.54) is 0 Å². The molecule has 3 atom stereocenters. The van der Waals surface area contributed by atoms with Crippen molar-refractivity contribution in [3.63, 3.8) is 0 Å². The molecule has 0 radical (unpaired) electrons. The van der Waals surface area contributed by atoms with E-state index in [4.69, 9.17) is 11.6 Å². The second-order valence-corrected chi connectivity index (χ2v) is 8.00. The maximum atomic E-state index is 13.2. The molecule has 1 aliphatic heterocycles. The second-order valence-electron chi connectivity index (χ2n) is 7.61. The van der Waals surface area contributed by atoms with E-state index in [1.807, 2.05) is 19.1 Å². The van der Waals surface area contributed by atoms with Gasteiger partial charge in [0.2, 0.25) is 5.91 Å². The third kappa shape index (κ3) is 3.08. The van der Waals surface area contributed by atoms with E-state index in [0.29, 0.717) is 29.0 Å². The molecule has 2 fully saturated rings. The van der Waals surface area contributed by atoms with Gasteiger partial charge >= 0.3 is 0 Å². The summed E-state index contributed by atoms with van der Waals surface area (Å²) in [5.41, 5.74) is 4.10. The van der Waals surface area contributed by atoms with E-state index in [2.05, 4.69) is 25.4 Å². The molecule has 9 heteroatoms. The smallest absolute Gasteiger partial charge is 0.232 e. The molecule has 2 aliphatic rings. The van der Waals surface area contributed by atoms with Gasteiger partial charge in [-0.05, 0) is 42.9 Å². The molecular weight excluding hydrogens is 392 g/mol. The van der Waals surface area contributed by atoms with Crippen LogP contribution in [0.15, 0.2) is 30.6 Å². The molecule has 2 N–H and O–H groups in total. The van der Waals surface area contributed by atoms with Crippen molar-refractivity contribution in [2.45, 2.75) is 32.4 Å². The van der Waals surface area contributed by atoms with Crippen LogP contribution in [0, 0.1) is 18.8 Å². The van der Waals surface area contributed by atoms with Crippen molar-refractivity contribution >= 4 is 23.3 Å². The van der Waals surface area contributed by atoms with Crippen molar-refractivity contribution in [3.8, 4) is 11.3 Å². The lowest BCUT2D eigenvalue weighted by Gasteiger charge is -2.19. The number of hydrogen-bond acceptors (Lipinski definition) is 6. The van der Waals surface area contributed by atoms with Crippen molar-refractivity contribution in [1.29, 1.82) is 0 Å². The maximum Gasteiger partial charge on any atom is 0.232 e. The molecule has 5 rings (SSSR count). The van der Waals surface area contributed by atoms with Crippen molar-refractivity contribution in [3.05, 3.63) is 52.6 Å². The second kappa shape index (κ2) is 6.89. The Bertz CT molecular complexity index is 1100. The third-order valence-corrected chi connectivity index (χ3v) is 6.07. The third-order valence-electron chi connectivity index (χ3n) is 5.86. The molecule has 1 saturated carbocycles. The van der Waals surface area contributed by atoms with Crippen LogP contribution >= 0.6 is 11.6 Å². The Kier molecular flexibility index (Phi) is 4.33. The van der Waals surface area contributed by atoms with Gasteiger partial charge in [-0.1, -0.05) is 17.7 Å². The molecule has 3 aromatic rings. The number of aliphatic hydroxyl groups is 1. The van der Waals surface area contributed by atoms with E-state index in [0.717, 1.165) is 28.8 Å². The standard InChI is InChI=1S/C20H19ClN6O2/c1-10-7-22-23-8-14(10)15-6-19(26-25-15)27-17-5-12(17)13(20(27)29)4-11-2-3-18(21)24-16(11)9-28/h2-3,6-8,12-13,17,28H,4-5,9H2,1H3,(H,25,26). The quantitative estimate of drug-likeness (QED) is 0.625. The summed E-state index contributed by atoms with van der Waals surface area (Å²) in [6.07, 6.45) is 4.89. The molecule has 0 bridgehead atoms. The van der Waals surface area contributed by atoms with Gasteiger partial charge < -0.3 is 5.11 Å². The molecular formula is C20H19ClN6O2. The van der Waals surface area contributed by atoms with Crippen LogP contribution in [-0.2, 0) is 17.8 Å². The molecule has 3 aromatic heterocycles. The first-order chi connectivity index (χ1) is 14.1. The summed E-state index contributed by atoms with van der Waals surface area (Å²) in [5.74, 6) is 0.854. The Labute approximate surface area is 171 Å². The van der Waals surface area contributed by atoms with Crippen LogP contribution in [-0.4, -0.2) is 42.4 Å². The SMILES string of the molecule is Cc1cnncc1-c1cc(N2C(=O)C(Cc3ccc(Cl)nc3CO)C3CC32)n[nH]1. The Morgan fingerprint density at radius 2 is 2.14 bits per heavy atom. The van der Waals surface area contributed by atoms with Crippen molar-refractivity contribution in [1.82, 2.24) is 25.4 Å². The number of halogens is 1. The summed E-state index contributed by atoms with van der Waals surface area (Å²) in [7, 11) is 0. The number of fused-ring (bicyclic) bond motifs is 1. The lowest BCUT2D eigenvalue weighted by molar-refractivity contribution is -0.121. The fourth-order valence-electron chi connectivity index (χ4n) is 4.28. The molecule has 29 heavy (non-hydrogen) atoms. The first kappa shape index (κ1) is 18.2. The molecule has 1 aliphatic carbocycles. The Morgan fingerprint density at radius 3 is 2.93 bits per heavy atom. The summed E-state index contributed by atoms with van der Waals surface area (Å²) >= 11 is 5.93. The van der Waals surface area contributed by atoms with E-state index in [9.17, 15) is 9.90 Å². The fraction of sp³-hybridized carbons (Fsp3) is 0.350. The average Bonchev–Trinajstić information content (AvgIpc) is 3.23. The largest absolute Gasteiger partial charge is 0.390 e. The van der Waals surface area contributed by atoms with Gasteiger partial charge in [-0.25, -0.2) is 4.98 Å². The minimum absolute atomic E-state index is 0.0627. The highest BCUT2D eigenvalue weighted by atomic mass is 35.5. The van der Waals surface area contributed by atoms with E-state index >= 15 is 0 Å². The number of carbonyl (C=O) groups excluding carboxylic acids is 1. The number of rotatable bonds is 5. The van der Waals surface area contributed by atoms with Gasteiger partial charge in [-0.15, -0.1) is 0 Å². The number of aliphatic hydroxyl groups excluding tert-OH is 1. The van der Waals surface area contributed by atoms with E-state index in [-0.39, 0.29) is 24.5 Å². The van der Waals surface area contributed by atoms with Gasteiger partial charge in [0.1, 0.15) is 5.15 Å². The summed E-state index contributed by atoms with van der Waals surface area (Å²) in [6, 6.07) is 5.61. The van der Waals surface area contributed by atoms with Crippen molar-refractivity contribution in [2.24, 2.45) is 11.8 Å². The van der Waals surface area contributed by atoms with E-state index < -0.39 is 0 Å². The van der Waals surface area contributed by atoms with Gasteiger partial charge in [-0.2, -0.15) is 15.3 Å². The lowest BCUT2D eigenvalue weighted by atomic mass is 9.94. The van der Waals surface area contributed by atoms with Crippen molar-refractivity contribution in [2.75, 3.05) is 4.90 Å². The first-order valence-corrected chi connectivity index (χ1v) is 9.86. The van der Waals surface area contributed by atoms with Crippen LogP contribution in [0.1, 0.15) is 23.2 Å². The zero-order valence-corrected chi connectivity index (χ0v) is 16.5. The zero-order chi connectivity index (χ0) is 20.1. The maximum absolute atomic E-state index is 13.2. The minimum Gasteiger partial charge on any atom is -0.390 e. The minimum atomic E-state index is -0.198. The number of aromatic nitrogens is 5. The number of H-pyrrole nitrogens is 1. The average molecular weight is 411 g/mol. The van der Waals surface area contributed by atoms with Crippen LogP contribution in [0.5, 0.6) is 0 Å². The number of aryl methyl sites for hydroxylation is 1. The van der Waals surface area contributed by atoms with Crippen molar-refractivity contribution < 1.29 is 9.90 Å². The number of anilines is 1. The molecule has 1 amide bonds. The number of hydrogen-bond donors (Lipinski definition) is 2. The monoisotopic (exact) mass is 410 g/mol. The number of aromatic amines is 1. The molecule has 4 heterocycles. The molecule has 0 aromatic carbocycles. The lowest BCUT2D eigenvalue weighted by Crippen LogP contribution is -2.32.